The first-order chi connectivity index (χ1) is 16.9. The van der Waals surface area contributed by atoms with Crippen molar-refractivity contribution in [3.8, 4) is 5.75 Å². The molecule has 0 radical (unpaired) electrons. The number of anilines is 1. The van der Waals surface area contributed by atoms with E-state index in [1.54, 1.807) is 30.5 Å². The van der Waals surface area contributed by atoms with Gasteiger partial charge in [-0.25, -0.2) is 0 Å². The number of aliphatic hydroxyl groups is 1. The Morgan fingerprint density at radius 2 is 1.66 bits per heavy atom. The highest BCUT2D eigenvalue weighted by atomic mass is 16.5. The molecule has 6 nitrogen and oxygen atoms in total. The number of rotatable bonds is 5. The topological polar surface area (TPSA) is 82.6 Å². The van der Waals surface area contributed by atoms with Crippen molar-refractivity contribution in [3.63, 3.8) is 0 Å². The van der Waals surface area contributed by atoms with Crippen LogP contribution >= 0.6 is 0 Å². The lowest BCUT2D eigenvalue weighted by Gasteiger charge is -2.25. The fraction of sp³-hybridized carbons (Fsp3) is 0.172. The molecule has 0 spiro atoms. The number of ether oxygens (including phenoxy) is 1. The number of para-hydroxylation sites is 2. The van der Waals surface area contributed by atoms with Crippen LogP contribution in [0, 0.1) is 0 Å². The summed E-state index contributed by atoms with van der Waals surface area (Å²) >= 11 is 0. The quantitative estimate of drug-likeness (QED) is 0.217. The van der Waals surface area contributed by atoms with Gasteiger partial charge in [-0.05, 0) is 41.8 Å². The minimum absolute atomic E-state index is 0.0252. The molecule has 1 aliphatic rings. The fourth-order valence-corrected chi connectivity index (χ4v) is 4.72. The van der Waals surface area contributed by atoms with Crippen LogP contribution in [0.25, 0.3) is 16.7 Å². The van der Waals surface area contributed by atoms with E-state index < -0.39 is 17.7 Å². The van der Waals surface area contributed by atoms with Crippen molar-refractivity contribution < 1.29 is 19.4 Å². The average molecular weight is 467 g/mol. The van der Waals surface area contributed by atoms with Gasteiger partial charge in [0.15, 0.2) is 0 Å². The molecule has 0 aliphatic carbocycles. The van der Waals surface area contributed by atoms with Crippen molar-refractivity contribution in [2.24, 2.45) is 0 Å². The number of carbonyl (C=O) groups is 2. The molecule has 2 N–H and O–H groups in total. The van der Waals surface area contributed by atoms with Crippen LogP contribution in [-0.4, -0.2) is 28.9 Å². The van der Waals surface area contributed by atoms with Gasteiger partial charge in [0.05, 0.1) is 24.3 Å². The van der Waals surface area contributed by atoms with Gasteiger partial charge in [-0.1, -0.05) is 56.3 Å². The zero-order valence-corrected chi connectivity index (χ0v) is 19.8. The molecule has 1 unspecified atom stereocenters. The number of nitrogens with one attached hydrogen (secondary N) is 1. The van der Waals surface area contributed by atoms with E-state index in [0.717, 1.165) is 22.0 Å². The van der Waals surface area contributed by atoms with E-state index in [1.807, 2.05) is 48.5 Å². The van der Waals surface area contributed by atoms with E-state index in [1.165, 1.54) is 12.0 Å². The van der Waals surface area contributed by atoms with Crippen LogP contribution in [0.4, 0.5) is 5.69 Å². The number of aromatic nitrogens is 1. The first-order valence-corrected chi connectivity index (χ1v) is 11.5. The Morgan fingerprint density at radius 3 is 2.37 bits per heavy atom. The van der Waals surface area contributed by atoms with E-state index in [0.29, 0.717) is 22.9 Å². The van der Waals surface area contributed by atoms with E-state index >= 15 is 0 Å². The number of aliphatic hydroxyl groups excluding tert-OH is 1. The largest absolute Gasteiger partial charge is 0.507 e. The first-order valence-electron chi connectivity index (χ1n) is 11.5. The van der Waals surface area contributed by atoms with Gasteiger partial charge in [-0.15, -0.1) is 0 Å². The highest BCUT2D eigenvalue weighted by Gasteiger charge is 2.48. The first kappa shape index (κ1) is 22.5. The molecule has 176 valence electrons. The van der Waals surface area contributed by atoms with Gasteiger partial charge in [0.25, 0.3) is 11.7 Å². The van der Waals surface area contributed by atoms with Crippen LogP contribution in [0.15, 0.2) is 84.6 Å². The van der Waals surface area contributed by atoms with Gasteiger partial charge < -0.3 is 14.8 Å². The number of hydrogen-bond donors (Lipinski definition) is 2. The van der Waals surface area contributed by atoms with E-state index in [2.05, 4.69) is 18.8 Å². The molecule has 3 aromatic carbocycles. The number of carbonyl (C=O) groups excluding carboxylic acids is 2. The molecule has 0 saturated carbocycles. The number of Topliss-reactive ketones (excluding diaryl/α,β-unsaturated/α-hetero) is 1. The Morgan fingerprint density at radius 1 is 0.971 bits per heavy atom. The SMILES string of the molecule is COc1ccccc1/C(O)=C1\C(=O)C(=O)N(c2ccc(C(C)C)cc2)C1c1c[nH]c2ccccc12. The second-order valence-corrected chi connectivity index (χ2v) is 8.91. The number of hydrogen-bond acceptors (Lipinski definition) is 4. The molecule has 1 amide bonds. The third kappa shape index (κ3) is 3.67. The number of methoxy groups -OCH3 is 1. The molecule has 1 fully saturated rings. The van der Waals surface area contributed by atoms with Crippen LogP contribution in [0.5, 0.6) is 5.75 Å². The Labute approximate surface area is 203 Å². The van der Waals surface area contributed by atoms with Crippen LogP contribution in [-0.2, 0) is 9.59 Å². The lowest BCUT2D eigenvalue weighted by molar-refractivity contribution is -0.132. The molecule has 1 aliphatic heterocycles. The van der Waals surface area contributed by atoms with Crippen molar-refractivity contribution >= 4 is 34.0 Å². The van der Waals surface area contributed by atoms with Gasteiger partial charge in [0.2, 0.25) is 0 Å². The standard InChI is InChI=1S/C29H26N2O4/c1-17(2)18-12-14-19(15-13-18)31-26(22-16-30-23-10-6-4-8-20(22)23)25(28(33)29(31)34)27(32)21-9-5-7-11-24(21)35-3/h4-17,26,30,32H,1-3H3/b27-25+. The van der Waals surface area contributed by atoms with Gasteiger partial charge >= 0.3 is 0 Å². The number of H-pyrrole nitrogens is 1. The molecule has 5 rings (SSSR count). The molecule has 6 heteroatoms. The highest BCUT2D eigenvalue weighted by molar-refractivity contribution is 6.52. The zero-order chi connectivity index (χ0) is 24.7. The maximum absolute atomic E-state index is 13.5. The Hall–Kier alpha value is -4.32. The monoisotopic (exact) mass is 466 g/mol. The third-order valence-electron chi connectivity index (χ3n) is 6.56. The average Bonchev–Trinajstić information content (AvgIpc) is 3.42. The van der Waals surface area contributed by atoms with Crippen LogP contribution in [0.1, 0.15) is 42.5 Å². The summed E-state index contributed by atoms with van der Waals surface area (Å²) < 4.78 is 5.42. The summed E-state index contributed by atoms with van der Waals surface area (Å²) in [7, 11) is 1.50. The van der Waals surface area contributed by atoms with E-state index in [-0.39, 0.29) is 11.3 Å². The zero-order valence-electron chi connectivity index (χ0n) is 19.8. The van der Waals surface area contributed by atoms with Gasteiger partial charge in [0.1, 0.15) is 11.5 Å². The smallest absolute Gasteiger partial charge is 0.300 e. The summed E-state index contributed by atoms with van der Waals surface area (Å²) in [6.07, 6.45) is 1.80. The number of ketones is 1. The van der Waals surface area contributed by atoms with Crippen molar-refractivity contribution in [2.75, 3.05) is 12.0 Å². The molecular weight excluding hydrogens is 440 g/mol. The maximum Gasteiger partial charge on any atom is 0.300 e. The van der Waals surface area contributed by atoms with Gasteiger partial charge in [-0.3, -0.25) is 14.5 Å². The lowest BCUT2D eigenvalue weighted by atomic mass is 9.94. The summed E-state index contributed by atoms with van der Waals surface area (Å²) in [6.45, 7) is 4.20. The highest BCUT2D eigenvalue weighted by Crippen LogP contribution is 2.45. The molecular formula is C29H26N2O4. The molecule has 1 aromatic heterocycles. The summed E-state index contributed by atoms with van der Waals surface area (Å²) in [5.41, 5.74) is 3.70. The van der Waals surface area contributed by atoms with Crippen LogP contribution in [0.3, 0.4) is 0 Å². The normalized spacial score (nSPS) is 17.5. The summed E-state index contributed by atoms with van der Waals surface area (Å²) in [5.74, 6) is -0.951. The number of aromatic amines is 1. The molecule has 1 saturated heterocycles. The maximum atomic E-state index is 13.5. The summed E-state index contributed by atoms with van der Waals surface area (Å²) in [5, 5.41) is 12.3. The van der Waals surface area contributed by atoms with E-state index in [9.17, 15) is 14.7 Å². The fourth-order valence-electron chi connectivity index (χ4n) is 4.72. The van der Waals surface area contributed by atoms with Crippen molar-refractivity contribution in [3.05, 3.63) is 101 Å². The lowest BCUT2D eigenvalue weighted by Crippen LogP contribution is -2.29. The Kier molecular flexibility index (Phi) is 5.65. The Balaban J connectivity index is 1.76. The molecule has 2 heterocycles. The van der Waals surface area contributed by atoms with E-state index in [4.69, 9.17) is 4.74 Å². The van der Waals surface area contributed by atoms with Crippen molar-refractivity contribution in [1.82, 2.24) is 4.98 Å². The number of fused-ring (bicyclic) bond motifs is 1. The molecule has 1 atom stereocenters. The number of benzene rings is 3. The van der Waals surface area contributed by atoms with Gasteiger partial charge in [-0.2, -0.15) is 0 Å². The molecule has 35 heavy (non-hydrogen) atoms. The molecule has 4 aromatic rings. The Bertz CT molecular complexity index is 1460. The molecule has 0 bridgehead atoms. The second-order valence-electron chi connectivity index (χ2n) is 8.91. The van der Waals surface area contributed by atoms with Crippen molar-refractivity contribution in [1.29, 1.82) is 0 Å². The predicted molar refractivity (Wildman–Crippen MR) is 137 cm³/mol. The number of nitrogens with zero attached hydrogens (tertiary/aromatic N) is 1. The second kappa shape index (κ2) is 8.80. The predicted octanol–water partition coefficient (Wildman–Crippen LogP) is 5.93. The summed E-state index contributed by atoms with van der Waals surface area (Å²) in [6, 6.07) is 21.4. The minimum Gasteiger partial charge on any atom is -0.507 e. The third-order valence-corrected chi connectivity index (χ3v) is 6.56. The summed E-state index contributed by atoms with van der Waals surface area (Å²) in [4.78, 5) is 31.6. The minimum atomic E-state index is -0.819. The number of amides is 1. The van der Waals surface area contributed by atoms with Crippen LogP contribution < -0.4 is 9.64 Å². The van der Waals surface area contributed by atoms with Crippen molar-refractivity contribution in [2.45, 2.75) is 25.8 Å². The van der Waals surface area contributed by atoms with Crippen LogP contribution in [0.2, 0.25) is 0 Å². The van der Waals surface area contributed by atoms with Gasteiger partial charge in [0, 0.05) is 28.4 Å².